The van der Waals surface area contributed by atoms with Gasteiger partial charge in [-0.15, -0.1) is 5.10 Å². The van der Waals surface area contributed by atoms with Gasteiger partial charge in [0.15, 0.2) is 0 Å². The summed E-state index contributed by atoms with van der Waals surface area (Å²) in [6, 6.07) is 11.9. The molecule has 1 saturated heterocycles. The molecule has 0 saturated carbocycles. The number of nitrogens with zero attached hydrogens (tertiary/aromatic N) is 6. The number of benzene rings is 1. The molecule has 8 heteroatoms. The lowest BCUT2D eigenvalue weighted by Crippen LogP contribution is -2.32. The molecule has 8 nitrogen and oxygen atoms in total. The number of nitrogens with two attached hydrogens (primary N) is 1. The van der Waals surface area contributed by atoms with Gasteiger partial charge < -0.3 is 15.4 Å². The Morgan fingerprint density at radius 1 is 1.12 bits per heavy atom. The Bertz CT molecular complexity index is 910. The number of aromatic nitrogens is 5. The topological polar surface area (TPSA) is 95.0 Å². The molecule has 0 aliphatic carbocycles. The first-order valence-corrected chi connectivity index (χ1v) is 8.24. The minimum Gasteiger partial charge on any atom is -0.384 e. The maximum Gasteiger partial charge on any atom is 0.227 e. The zero-order valence-electron chi connectivity index (χ0n) is 13.5. The molecule has 2 aliphatic rings. The van der Waals surface area contributed by atoms with Crippen molar-refractivity contribution in [3.8, 4) is 11.3 Å². The van der Waals surface area contributed by atoms with Crippen molar-refractivity contribution in [2.45, 2.75) is 18.8 Å². The van der Waals surface area contributed by atoms with Crippen LogP contribution in [0.2, 0.25) is 0 Å². The molecule has 0 amide bonds. The van der Waals surface area contributed by atoms with E-state index in [2.05, 4.69) is 25.2 Å². The fraction of sp³-hybridized carbons (Fsp3) is 0.294. The fourth-order valence-electron chi connectivity index (χ4n) is 3.55. The summed E-state index contributed by atoms with van der Waals surface area (Å²) in [5.74, 6) is 1.09. The van der Waals surface area contributed by atoms with Gasteiger partial charge in [-0.1, -0.05) is 35.5 Å². The van der Waals surface area contributed by atoms with Crippen LogP contribution in [0.15, 0.2) is 42.6 Å². The summed E-state index contributed by atoms with van der Waals surface area (Å²) >= 11 is 0. The Labute approximate surface area is 144 Å². The second-order valence-corrected chi connectivity index (χ2v) is 6.30. The molecular weight excluding hydrogens is 318 g/mol. The first-order chi connectivity index (χ1) is 12.3. The molecule has 1 aromatic carbocycles. The van der Waals surface area contributed by atoms with Crippen LogP contribution < -0.4 is 10.6 Å². The normalized spacial score (nSPS) is 21.8. The summed E-state index contributed by atoms with van der Waals surface area (Å²) in [6.45, 7) is 1.94. The van der Waals surface area contributed by atoms with Gasteiger partial charge in [0.05, 0.1) is 24.4 Å². The van der Waals surface area contributed by atoms with E-state index in [9.17, 15) is 0 Å². The largest absolute Gasteiger partial charge is 0.384 e. The number of hydrogen-bond acceptors (Lipinski definition) is 7. The van der Waals surface area contributed by atoms with Crippen molar-refractivity contribution in [2.24, 2.45) is 0 Å². The maximum atomic E-state index is 6.10. The van der Waals surface area contributed by atoms with Crippen molar-refractivity contribution >= 4 is 11.8 Å². The van der Waals surface area contributed by atoms with Crippen molar-refractivity contribution in [3.05, 3.63) is 48.3 Å². The van der Waals surface area contributed by atoms with E-state index in [1.54, 1.807) is 12.3 Å². The molecule has 0 bridgehead atoms. The summed E-state index contributed by atoms with van der Waals surface area (Å²) in [5, 5.41) is 8.82. The lowest BCUT2D eigenvalue weighted by atomic mass is 10.1. The van der Waals surface area contributed by atoms with Gasteiger partial charge in [0.25, 0.3) is 0 Å². The second-order valence-electron chi connectivity index (χ2n) is 6.30. The third kappa shape index (κ3) is 2.33. The molecule has 2 atom stereocenters. The van der Waals surface area contributed by atoms with Crippen LogP contribution in [-0.2, 0) is 11.3 Å². The van der Waals surface area contributed by atoms with Gasteiger partial charge in [0.2, 0.25) is 5.95 Å². The second kappa shape index (κ2) is 5.52. The highest BCUT2D eigenvalue weighted by Crippen LogP contribution is 2.35. The minimum atomic E-state index is 0.0443. The quantitative estimate of drug-likeness (QED) is 0.753. The average Bonchev–Trinajstić information content (AvgIpc) is 3.26. The zero-order chi connectivity index (χ0) is 16.8. The van der Waals surface area contributed by atoms with Crippen LogP contribution in [0.1, 0.15) is 11.7 Å². The minimum absolute atomic E-state index is 0.0443. The fourth-order valence-corrected chi connectivity index (χ4v) is 3.55. The van der Waals surface area contributed by atoms with Crippen LogP contribution >= 0.6 is 0 Å². The van der Waals surface area contributed by atoms with Gasteiger partial charge in [-0.25, -0.2) is 9.67 Å². The number of rotatable bonds is 2. The van der Waals surface area contributed by atoms with Gasteiger partial charge >= 0.3 is 0 Å². The van der Waals surface area contributed by atoms with Gasteiger partial charge in [-0.3, -0.25) is 0 Å². The van der Waals surface area contributed by atoms with Crippen LogP contribution in [0.4, 0.5) is 11.8 Å². The lowest BCUT2D eigenvalue weighted by Gasteiger charge is -2.26. The standard InChI is InChI=1S/C17H17N7O/c18-15-6-7-19-17(20-15)23-8-12-14(9-23)25-10-13-16(21-22-24(12)13)11-4-2-1-3-5-11/h1-7,12,14H,8-10H2,(H2,18,19,20)/t12?,14-/m1/s1. The van der Waals surface area contributed by atoms with E-state index in [0.717, 1.165) is 23.5 Å². The van der Waals surface area contributed by atoms with Crippen LogP contribution in [0.3, 0.4) is 0 Å². The zero-order valence-corrected chi connectivity index (χ0v) is 13.5. The van der Waals surface area contributed by atoms with Gasteiger partial charge in [0.1, 0.15) is 11.5 Å². The molecule has 25 heavy (non-hydrogen) atoms. The molecule has 1 unspecified atom stereocenters. The summed E-state index contributed by atoms with van der Waals surface area (Å²) in [4.78, 5) is 10.7. The molecule has 0 spiro atoms. The van der Waals surface area contributed by atoms with Gasteiger partial charge in [-0.05, 0) is 6.07 Å². The van der Waals surface area contributed by atoms with Crippen molar-refractivity contribution in [3.63, 3.8) is 0 Å². The van der Waals surface area contributed by atoms with Gasteiger partial charge in [-0.2, -0.15) is 4.98 Å². The summed E-state index contributed by atoms with van der Waals surface area (Å²) in [6.07, 6.45) is 1.72. The van der Waals surface area contributed by atoms with Crippen LogP contribution in [-0.4, -0.2) is 44.2 Å². The SMILES string of the molecule is Nc1ccnc(N2CC3[C@@H](C2)OCc2c(-c4ccccc4)nnn23)n1. The lowest BCUT2D eigenvalue weighted by molar-refractivity contribution is -0.00227. The molecule has 2 N–H and O–H groups in total. The van der Waals surface area contributed by atoms with E-state index >= 15 is 0 Å². The number of anilines is 2. The van der Waals surface area contributed by atoms with E-state index in [-0.39, 0.29) is 12.1 Å². The van der Waals surface area contributed by atoms with Crippen LogP contribution in [0, 0.1) is 0 Å². The predicted octanol–water partition coefficient (Wildman–Crippen LogP) is 1.28. The number of nitrogen functional groups attached to an aromatic ring is 1. The van der Waals surface area contributed by atoms with Crippen molar-refractivity contribution in [2.75, 3.05) is 23.7 Å². The van der Waals surface area contributed by atoms with E-state index < -0.39 is 0 Å². The predicted molar refractivity (Wildman–Crippen MR) is 91.7 cm³/mol. The molecule has 4 heterocycles. The van der Waals surface area contributed by atoms with Crippen molar-refractivity contribution in [1.29, 1.82) is 0 Å². The Kier molecular flexibility index (Phi) is 3.17. The molecule has 2 aromatic heterocycles. The third-order valence-electron chi connectivity index (χ3n) is 4.77. The monoisotopic (exact) mass is 335 g/mol. The Morgan fingerprint density at radius 3 is 2.84 bits per heavy atom. The summed E-state index contributed by atoms with van der Waals surface area (Å²) in [5.41, 5.74) is 8.74. The van der Waals surface area contributed by atoms with Crippen molar-refractivity contribution < 1.29 is 4.74 Å². The molecule has 5 rings (SSSR count). The first kappa shape index (κ1) is 14.4. The van der Waals surface area contributed by atoms with E-state index in [4.69, 9.17) is 10.5 Å². The van der Waals surface area contributed by atoms with Crippen LogP contribution in [0.5, 0.6) is 0 Å². The maximum absolute atomic E-state index is 6.10. The van der Waals surface area contributed by atoms with Crippen molar-refractivity contribution in [1.82, 2.24) is 25.0 Å². The number of fused-ring (bicyclic) bond motifs is 3. The molecule has 126 valence electrons. The smallest absolute Gasteiger partial charge is 0.227 e. The van der Waals surface area contributed by atoms with E-state index in [0.29, 0.717) is 24.9 Å². The van der Waals surface area contributed by atoms with Gasteiger partial charge in [0, 0.05) is 24.8 Å². The Hall–Kier alpha value is -3.00. The first-order valence-electron chi connectivity index (χ1n) is 8.24. The Morgan fingerprint density at radius 2 is 2.00 bits per heavy atom. The molecule has 1 fully saturated rings. The van der Waals surface area contributed by atoms with Crippen LogP contribution in [0.25, 0.3) is 11.3 Å². The summed E-state index contributed by atoms with van der Waals surface area (Å²) < 4.78 is 8.10. The summed E-state index contributed by atoms with van der Waals surface area (Å²) in [7, 11) is 0. The highest BCUT2D eigenvalue weighted by molar-refractivity contribution is 5.61. The highest BCUT2D eigenvalue weighted by atomic mass is 16.5. The number of ether oxygens (including phenoxy) is 1. The highest BCUT2D eigenvalue weighted by Gasteiger charge is 2.41. The number of hydrogen-bond donors (Lipinski definition) is 1. The third-order valence-corrected chi connectivity index (χ3v) is 4.77. The molecule has 0 radical (unpaired) electrons. The molecular formula is C17H17N7O. The van der Waals surface area contributed by atoms with E-state index in [1.165, 1.54) is 0 Å². The molecule has 2 aliphatic heterocycles. The average molecular weight is 335 g/mol. The molecule has 3 aromatic rings. The Balaban J connectivity index is 1.47. The van der Waals surface area contributed by atoms with E-state index in [1.807, 2.05) is 35.0 Å².